The number of rotatable bonds is 4. The van der Waals surface area contributed by atoms with Crippen LogP contribution in [0.15, 0.2) is 25.0 Å². The van der Waals surface area contributed by atoms with Crippen LogP contribution in [0.5, 0.6) is 0 Å². The fourth-order valence-corrected chi connectivity index (χ4v) is 2.01. The molecule has 1 fully saturated rings. The van der Waals surface area contributed by atoms with Crippen LogP contribution in [0.2, 0.25) is 0 Å². The zero-order valence-electron chi connectivity index (χ0n) is 7.83. The molecule has 1 heteroatoms. The fraction of sp³-hybridized carbons (Fsp3) is 0.636. The van der Waals surface area contributed by atoms with E-state index < -0.39 is 0 Å². The highest BCUT2D eigenvalue weighted by molar-refractivity contribution is 4.93. The first kappa shape index (κ1) is 9.37. The summed E-state index contributed by atoms with van der Waals surface area (Å²) in [6.45, 7) is 3.78. The minimum absolute atomic E-state index is 0.725. The Morgan fingerprint density at radius 3 is 3.00 bits per heavy atom. The Balaban J connectivity index is 2.40. The number of hydrogen-bond donors (Lipinski definition) is 0. The standard InChI is InChI=1S/C11H18O/c1-3-5-10-6-4-7-11(10)8-9-12-2/h3,8-11H,1,4-7H2,2H3/b9-8+/t10-,11+/m1/s1. The minimum atomic E-state index is 0.725. The second kappa shape index (κ2) is 5.02. The van der Waals surface area contributed by atoms with Gasteiger partial charge in [-0.05, 0) is 37.2 Å². The van der Waals surface area contributed by atoms with Crippen LogP contribution in [0, 0.1) is 11.8 Å². The van der Waals surface area contributed by atoms with Crippen LogP contribution in [-0.2, 0) is 4.74 Å². The molecular weight excluding hydrogens is 148 g/mol. The molecule has 12 heavy (non-hydrogen) atoms. The summed E-state index contributed by atoms with van der Waals surface area (Å²) in [6.07, 6.45) is 11.2. The average molecular weight is 166 g/mol. The molecule has 1 nitrogen and oxygen atoms in total. The highest BCUT2D eigenvalue weighted by Gasteiger charge is 2.23. The van der Waals surface area contributed by atoms with E-state index in [1.165, 1.54) is 19.3 Å². The SMILES string of the molecule is C=CC[C@@H]1CCC[C@H]1/C=C/OC. The van der Waals surface area contributed by atoms with Crippen LogP contribution in [0.3, 0.4) is 0 Å². The predicted molar refractivity (Wildman–Crippen MR) is 51.8 cm³/mol. The van der Waals surface area contributed by atoms with Crippen molar-refractivity contribution in [1.29, 1.82) is 0 Å². The summed E-state index contributed by atoms with van der Waals surface area (Å²) in [7, 11) is 1.70. The molecule has 0 spiro atoms. The van der Waals surface area contributed by atoms with Crippen LogP contribution in [0.4, 0.5) is 0 Å². The van der Waals surface area contributed by atoms with E-state index in [1.807, 2.05) is 12.3 Å². The highest BCUT2D eigenvalue weighted by Crippen LogP contribution is 2.35. The zero-order chi connectivity index (χ0) is 8.81. The molecule has 1 aliphatic rings. The van der Waals surface area contributed by atoms with Gasteiger partial charge < -0.3 is 4.74 Å². The number of hydrogen-bond acceptors (Lipinski definition) is 1. The summed E-state index contributed by atoms with van der Waals surface area (Å²) in [5, 5.41) is 0. The minimum Gasteiger partial charge on any atom is -0.505 e. The van der Waals surface area contributed by atoms with Crippen LogP contribution < -0.4 is 0 Å². The predicted octanol–water partition coefficient (Wildman–Crippen LogP) is 3.14. The van der Waals surface area contributed by atoms with Gasteiger partial charge in [0.15, 0.2) is 0 Å². The Morgan fingerprint density at radius 2 is 2.33 bits per heavy atom. The third kappa shape index (κ3) is 2.40. The molecular formula is C11H18O. The van der Waals surface area contributed by atoms with Gasteiger partial charge in [-0.1, -0.05) is 12.5 Å². The Bertz CT molecular complexity index is 160. The normalized spacial score (nSPS) is 29.4. The summed E-state index contributed by atoms with van der Waals surface area (Å²) in [4.78, 5) is 0. The van der Waals surface area contributed by atoms with Crippen molar-refractivity contribution in [3.8, 4) is 0 Å². The third-order valence-corrected chi connectivity index (χ3v) is 2.65. The van der Waals surface area contributed by atoms with Crippen molar-refractivity contribution in [2.45, 2.75) is 25.7 Å². The summed E-state index contributed by atoms with van der Waals surface area (Å²) >= 11 is 0. The molecule has 0 aromatic rings. The van der Waals surface area contributed by atoms with Crippen molar-refractivity contribution in [2.75, 3.05) is 7.11 Å². The molecule has 1 rings (SSSR count). The summed E-state index contributed by atoms with van der Waals surface area (Å²) in [5.41, 5.74) is 0. The number of allylic oxidation sites excluding steroid dienone is 2. The molecule has 0 bridgehead atoms. The van der Waals surface area contributed by atoms with Gasteiger partial charge in [0.25, 0.3) is 0 Å². The van der Waals surface area contributed by atoms with Crippen molar-refractivity contribution in [1.82, 2.24) is 0 Å². The maximum absolute atomic E-state index is 4.92. The van der Waals surface area contributed by atoms with E-state index in [1.54, 1.807) is 7.11 Å². The molecule has 0 aromatic heterocycles. The second-order valence-corrected chi connectivity index (χ2v) is 3.44. The van der Waals surface area contributed by atoms with E-state index in [2.05, 4.69) is 12.7 Å². The van der Waals surface area contributed by atoms with Crippen molar-refractivity contribution in [3.63, 3.8) is 0 Å². The summed E-state index contributed by atoms with van der Waals surface area (Å²) in [6, 6.07) is 0. The largest absolute Gasteiger partial charge is 0.505 e. The first-order chi connectivity index (χ1) is 5.88. The van der Waals surface area contributed by atoms with Gasteiger partial charge in [0.2, 0.25) is 0 Å². The summed E-state index contributed by atoms with van der Waals surface area (Å²) < 4.78 is 4.92. The van der Waals surface area contributed by atoms with Crippen LogP contribution in [0.25, 0.3) is 0 Å². The molecule has 1 aliphatic carbocycles. The van der Waals surface area contributed by atoms with Crippen molar-refractivity contribution < 1.29 is 4.74 Å². The van der Waals surface area contributed by atoms with Gasteiger partial charge in [-0.25, -0.2) is 0 Å². The molecule has 0 unspecified atom stereocenters. The molecule has 0 radical (unpaired) electrons. The maximum Gasteiger partial charge on any atom is 0.0787 e. The molecule has 0 N–H and O–H groups in total. The molecule has 2 atom stereocenters. The molecule has 1 saturated carbocycles. The topological polar surface area (TPSA) is 9.23 Å². The van der Waals surface area contributed by atoms with Crippen LogP contribution in [-0.4, -0.2) is 7.11 Å². The van der Waals surface area contributed by atoms with Crippen molar-refractivity contribution in [2.24, 2.45) is 11.8 Å². The van der Waals surface area contributed by atoms with Gasteiger partial charge in [0, 0.05) is 0 Å². The first-order valence-electron chi connectivity index (χ1n) is 4.69. The molecule has 0 amide bonds. The van der Waals surface area contributed by atoms with E-state index in [-0.39, 0.29) is 0 Å². The van der Waals surface area contributed by atoms with Gasteiger partial charge in [0.1, 0.15) is 0 Å². The lowest BCUT2D eigenvalue weighted by molar-refractivity contribution is 0.329. The average Bonchev–Trinajstić information content (AvgIpc) is 2.50. The van der Waals surface area contributed by atoms with Gasteiger partial charge >= 0.3 is 0 Å². The van der Waals surface area contributed by atoms with E-state index >= 15 is 0 Å². The Labute approximate surface area is 75.1 Å². The Morgan fingerprint density at radius 1 is 1.50 bits per heavy atom. The monoisotopic (exact) mass is 166 g/mol. The molecule has 0 heterocycles. The zero-order valence-corrected chi connectivity index (χ0v) is 7.83. The number of ether oxygens (including phenoxy) is 1. The highest BCUT2D eigenvalue weighted by atomic mass is 16.5. The van der Waals surface area contributed by atoms with E-state index in [9.17, 15) is 0 Å². The smallest absolute Gasteiger partial charge is 0.0787 e. The molecule has 68 valence electrons. The third-order valence-electron chi connectivity index (χ3n) is 2.65. The first-order valence-corrected chi connectivity index (χ1v) is 4.69. The van der Waals surface area contributed by atoms with Gasteiger partial charge in [-0.2, -0.15) is 0 Å². The lowest BCUT2D eigenvalue weighted by Gasteiger charge is -2.12. The van der Waals surface area contributed by atoms with E-state index in [0.717, 1.165) is 18.3 Å². The van der Waals surface area contributed by atoms with Gasteiger partial charge in [-0.3, -0.25) is 0 Å². The molecule has 0 aromatic carbocycles. The fourth-order valence-electron chi connectivity index (χ4n) is 2.01. The Kier molecular flexibility index (Phi) is 3.92. The quantitative estimate of drug-likeness (QED) is 0.460. The lowest BCUT2D eigenvalue weighted by Crippen LogP contribution is -2.03. The molecule has 0 aliphatic heterocycles. The van der Waals surface area contributed by atoms with Crippen LogP contribution in [0.1, 0.15) is 25.7 Å². The van der Waals surface area contributed by atoms with Crippen LogP contribution >= 0.6 is 0 Å². The number of methoxy groups -OCH3 is 1. The lowest BCUT2D eigenvalue weighted by atomic mass is 9.93. The van der Waals surface area contributed by atoms with E-state index in [4.69, 9.17) is 4.74 Å². The summed E-state index contributed by atoms with van der Waals surface area (Å²) in [5.74, 6) is 1.54. The van der Waals surface area contributed by atoms with Crippen molar-refractivity contribution in [3.05, 3.63) is 25.0 Å². The van der Waals surface area contributed by atoms with Gasteiger partial charge in [0.05, 0.1) is 13.4 Å². The maximum atomic E-state index is 4.92. The second-order valence-electron chi connectivity index (χ2n) is 3.44. The molecule has 0 saturated heterocycles. The van der Waals surface area contributed by atoms with E-state index in [0.29, 0.717) is 0 Å². The van der Waals surface area contributed by atoms with Crippen molar-refractivity contribution >= 4 is 0 Å². The Hall–Kier alpha value is -0.720. The van der Waals surface area contributed by atoms with Gasteiger partial charge in [-0.15, -0.1) is 6.58 Å².